The third-order valence-corrected chi connectivity index (χ3v) is 3.80. The van der Waals surface area contributed by atoms with Gasteiger partial charge in [0, 0.05) is 26.3 Å². The maximum absolute atomic E-state index is 12.6. The van der Waals surface area contributed by atoms with Crippen LogP contribution in [0.3, 0.4) is 0 Å². The molecule has 21 heavy (non-hydrogen) atoms. The van der Waals surface area contributed by atoms with E-state index in [1.165, 1.54) is 0 Å². The molecule has 0 bridgehead atoms. The predicted octanol–water partition coefficient (Wildman–Crippen LogP) is 1.40. The lowest BCUT2D eigenvalue weighted by Crippen LogP contribution is -2.43. The van der Waals surface area contributed by atoms with Crippen LogP contribution in [-0.2, 0) is 23.0 Å². The molecule has 0 saturated carbocycles. The molecule has 116 valence electrons. The standard InChI is InChI=1S/C15H23N3O3/c1-4-13-12(10-17(3)16-13)14(19)18-8-6-7-11(9-18)15(20)21-5-2/h10-11H,4-9H2,1-3H3. The van der Waals surface area contributed by atoms with Gasteiger partial charge in [-0.3, -0.25) is 14.3 Å². The van der Waals surface area contributed by atoms with Gasteiger partial charge in [0.05, 0.1) is 23.8 Å². The molecule has 1 amide bonds. The second kappa shape index (κ2) is 6.74. The Bertz CT molecular complexity index is 524. The van der Waals surface area contributed by atoms with Crippen LogP contribution in [0.4, 0.5) is 0 Å². The average Bonchev–Trinajstić information content (AvgIpc) is 2.88. The van der Waals surface area contributed by atoms with Crippen molar-refractivity contribution in [2.24, 2.45) is 13.0 Å². The molecule has 0 N–H and O–H groups in total. The number of carbonyl (C=O) groups excluding carboxylic acids is 2. The number of amides is 1. The molecule has 1 aromatic rings. The molecule has 1 atom stereocenters. The first kappa shape index (κ1) is 15.5. The zero-order chi connectivity index (χ0) is 15.4. The fourth-order valence-corrected chi connectivity index (χ4v) is 2.76. The first-order chi connectivity index (χ1) is 10.1. The van der Waals surface area contributed by atoms with Gasteiger partial charge in [-0.25, -0.2) is 0 Å². The van der Waals surface area contributed by atoms with Crippen LogP contribution in [0.15, 0.2) is 6.20 Å². The summed E-state index contributed by atoms with van der Waals surface area (Å²) in [6.07, 6.45) is 4.10. The number of esters is 1. The lowest BCUT2D eigenvalue weighted by molar-refractivity contribution is -0.149. The van der Waals surface area contributed by atoms with Gasteiger partial charge in [-0.15, -0.1) is 0 Å². The summed E-state index contributed by atoms with van der Waals surface area (Å²) < 4.78 is 6.74. The lowest BCUT2D eigenvalue weighted by atomic mass is 9.97. The van der Waals surface area contributed by atoms with Crippen LogP contribution in [0.25, 0.3) is 0 Å². The first-order valence-electron chi connectivity index (χ1n) is 7.55. The van der Waals surface area contributed by atoms with Crippen LogP contribution in [-0.4, -0.2) is 46.3 Å². The smallest absolute Gasteiger partial charge is 0.310 e. The minimum atomic E-state index is -0.204. The van der Waals surface area contributed by atoms with E-state index in [0.717, 1.165) is 25.0 Å². The van der Waals surface area contributed by atoms with E-state index in [9.17, 15) is 9.59 Å². The van der Waals surface area contributed by atoms with Crippen molar-refractivity contribution in [3.05, 3.63) is 17.5 Å². The van der Waals surface area contributed by atoms with E-state index in [1.54, 1.807) is 22.7 Å². The van der Waals surface area contributed by atoms with Crippen LogP contribution >= 0.6 is 0 Å². The van der Waals surface area contributed by atoms with Gasteiger partial charge < -0.3 is 9.64 Å². The quantitative estimate of drug-likeness (QED) is 0.787. The molecule has 0 aromatic carbocycles. The van der Waals surface area contributed by atoms with E-state index >= 15 is 0 Å². The Morgan fingerprint density at radius 2 is 2.19 bits per heavy atom. The maximum atomic E-state index is 12.6. The van der Waals surface area contributed by atoms with Gasteiger partial charge in [0.1, 0.15) is 0 Å². The van der Waals surface area contributed by atoms with Crippen LogP contribution < -0.4 is 0 Å². The highest BCUT2D eigenvalue weighted by atomic mass is 16.5. The maximum Gasteiger partial charge on any atom is 0.310 e. The predicted molar refractivity (Wildman–Crippen MR) is 77.8 cm³/mol. The van der Waals surface area contributed by atoms with Crippen molar-refractivity contribution in [2.75, 3.05) is 19.7 Å². The van der Waals surface area contributed by atoms with E-state index in [2.05, 4.69) is 5.10 Å². The minimum absolute atomic E-state index is 0.0334. The normalized spacial score (nSPS) is 18.6. The number of rotatable bonds is 4. The summed E-state index contributed by atoms with van der Waals surface area (Å²) in [5, 5.41) is 4.31. The van der Waals surface area contributed by atoms with Crippen molar-refractivity contribution in [1.82, 2.24) is 14.7 Å². The monoisotopic (exact) mass is 293 g/mol. The topological polar surface area (TPSA) is 64.4 Å². The summed E-state index contributed by atoms with van der Waals surface area (Å²) in [6, 6.07) is 0. The lowest BCUT2D eigenvalue weighted by Gasteiger charge is -2.31. The zero-order valence-corrected chi connectivity index (χ0v) is 13.0. The Labute approximate surface area is 125 Å². The molecule has 6 nitrogen and oxygen atoms in total. The molecule has 0 radical (unpaired) electrons. The summed E-state index contributed by atoms with van der Waals surface area (Å²) in [5.41, 5.74) is 1.45. The van der Waals surface area contributed by atoms with Gasteiger partial charge >= 0.3 is 5.97 Å². The minimum Gasteiger partial charge on any atom is -0.466 e. The average molecular weight is 293 g/mol. The SMILES string of the molecule is CCOC(=O)C1CCCN(C(=O)c2cn(C)nc2CC)C1. The molecule has 6 heteroatoms. The fourth-order valence-electron chi connectivity index (χ4n) is 2.76. The first-order valence-corrected chi connectivity index (χ1v) is 7.55. The second-order valence-corrected chi connectivity index (χ2v) is 5.36. The summed E-state index contributed by atoms with van der Waals surface area (Å²) >= 11 is 0. The highest BCUT2D eigenvalue weighted by molar-refractivity contribution is 5.95. The van der Waals surface area contributed by atoms with Crippen LogP contribution in [0.5, 0.6) is 0 Å². The van der Waals surface area contributed by atoms with Gasteiger partial charge in [0.2, 0.25) is 0 Å². The molecular formula is C15H23N3O3. The van der Waals surface area contributed by atoms with Crippen molar-refractivity contribution in [2.45, 2.75) is 33.1 Å². The van der Waals surface area contributed by atoms with Crippen LogP contribution in [0.2, 0.25) is 0 Å². The molecule has 1 aromatic heterocycles. The molecule has 2 rings (SSSR count). The number of aromatic nitrogens is 2. The van der Waals surface area contributed by atoms with Gasteiger partial charge in [-0.1, -0.05) is 6.92 Å². The number of carbonyl (C=O) groups is 2. The third kappa shape index (κ3) is 3.43. The van der Waals surface area contributed by atoms with E-state index in [0.29, 0.717) is 25.3 Å². The Hall–Kier alpha value is -1.85. The zero-order valence-electron chi connectivity index (χ0n) is 13.0. The fraction of sp³-hybridized carbons (Fsp3) is 0.667. The van der Waals surface area contributed by atoms with E-state index in [1.807, 2.05) is 14.0 Å². The van der Waals surface area contributed by atoms with Gasteiger partial charge in [-0.2, -0.15) is 5.10 Å². The molecular weight excluding hydrogens is 270 g/mol. The van der Waals surface area contributed by atoms with Crippen molar-refractivity contribution in [1.29, 1.82) is 0 Å². The van der Waals surface area contributed by atoms with E-state index in [-0.39, 0.29) is 17.8 Å². The molecule has 0 aliphatic carbocycles. The Balaban J connectivity index is 2.10. The molecule has 1 saturated heterocycles. The highest BCUT2D eigenvalue weighted by Crippen LogP contribution is 2.21. The molecule has 0 spiro atoms. The van der Waals surface area contributed by atoms with Gasteiger partial charge in [0.15, 0.2) is 0 Å². The summed E-state index contributed by atoms with van der Waals surface area (Å²) in [6.45, 7) is 5.29. The van der Waals surface area contributed by atoms with E-state index < -0.39 is 0 Å². The Morgan fingerprint density at radius 1 is 1.43 bits per heavy atom. The van der Waals surface area contributed by atoms with Crippen molar-refractivity contribution < 1.29 is 14.3 Å². The number of likely N-dealkylation sites (tertiary alicyclic amines) is 1. The molecule has 1 unspecified atom stereocenters. The number of nitrogens with zero attached hydrogens (tertiary/aromatic N) is 3. The van der Waals surface area contributed by atoms with Crippen molar-refractivity contribution >= 4 is 11.9 Å². The number of hydrogen-bond donors (Lipinski definition) is 0. The summed E-state index contributed by atoms with van der Waals surface area (Å²) in [7, 11) is 1.81. The molecule has 1 aliphatic heterocycles. The van der Waals surface area contributed by atoms with Gasteiger partial charge in [0.25, 0.3) is 5.91 Å². The number of hydrogen-bond acceptors (Lipinski definition) is 4. The number of aryl methyl sites for hydroxylation is 2. The molecule has 2 heterocycles. The number of piperidine rings is 1. The Kier molecular flexibility index (Phi) is 4.98. The molecule has 1 fully saturated rings. The van der Waals surface area contributed by atoms with Gasteiger partial charge in [-0.05, 0) is 26.2 Å². The van der Waals surface area contributed by atoms with E-state index in [4.69, 9.17) is 4.74 Å². The third-order valence-electron chi connectivity index (χ3n) is 3.80. The largest absolute Gasteiger partial charge is 0.466 e. The Morgan fingerprint density at radius 3 is 2.86 bits per heavy atom. The van der Waals surface area contributed by atoms with Crippen LogP contribution in [0.1, 0.15) is 42.7 Å². The highest BCUT2D eigenvalue weighted by Gasteiger charge is 2.31. The summed E-state index contributed by atoms with van der Waals surface area (Å²) in [4.78, 5) is 26.2. The number of ether oxygens (including phenoxy) is 1. The van der Waals surface area contributed by atoms with Crippen LogP contribution in [0, 0.1) is 5.92 Å². The summed E-state index contributed by atoms with van der Waals surface area (Å²) in [5.74, 6) is -0.435. The second-order valence-electron chi connectivity index (χ2n) is 5.36. The van der Waals surface area contributed by atoms with Crippen molar-refractivity contribution in [3.63, 3.8) is 0 Å². The van der Waals surface area contributed by atoms with Crippen molar-refractivity contribution in [3.8, 4) is 0 Å². The molecule has 1 aliphatic rings.